The zero-order valence-corrected chi connectivity index (χ0v) is 18.0. The number of aliphatic carboxylic acids is 1. The molecular formula is C24H22FN3O5. The van der Waals surface area contributed by atoms with Crippen molar-refractivity contribution in [1.29, 1.82) is 0 Å². The molecule has 1 amide bonds. The molecule has 8 nitrogen and oxygen atoms in total. The van der Waals surface area contributed by atoms with Crippen LogP contribution in [0.5, 0.6) is 0 Å². The van der Waals surface area contributed by atoms with Crippen molar-refractivity contribution in [3.8, 4) is 0 Å². The van der Waals surface area contributed by atoms with Gasteiger partial charge in [0.05, 0.1) is 11.7 Å². The van der Waals surface area contributed by atoms with E-state index in [1.165, 1.54) is 18.2 Å². The Labute approximate surface area is 189 Å². The molecule has 170 valence electrons. The van der Waals surface area contributed by atoms with E-state index in [1.807, 2.05) is 13.8 Å². The predicted octanol–water partition coefficient (Wildman–Crippen LogP) is 2.80. The van der Waals surface area contributed by atoms with Crippen LogP contribution < -0.4 is 10.2 Å². The van der Waals surface area contributed by atoms with Crippen LogP contribution >= 0.6 is 0 Å². The highest BCUT2D eigenvalue weighted by Gasteiger charge is 2.39. The SMILES string of the molecule is CC1(C)O/C(=C2/C(=O)Nc3ccc(F)cc32)C=C1c1ccc(N2C[C@H](O)C[C@H]2C(=O)O)nc1. The molecule has 3 N–H and O–H groups in total. The first kappa shape index (κ1) is 21.1. The fourth-order valence-electron chi connectivity index (χ4n) is 4.62. The number of nitrogens with zero attached hydrogens (tertiary/aromatic N) is 2. The number of halogens is 1. The van der Waals surface area contributed by atoms with Crippen molar-refractivity contribution in [1.82, 2.24) is 4.98 Å². The molecule has 3 aliphatic rings. The second-order valence-electron chi connectivity index (χ2n) is 8.85. The summed E-state index contributed by atoms with van der Waals surface area (Å²) in [7, 11) is 0. The summed E-state index contributed by atoms with van der Waals surface area (Å²) in [6.45, 7) is 3.91. The number of β-amino-alcohol motifs (C(OH)–C–C–N with tert-alkyl or cyclic N) is 1. The van der Waals surface area contributed by atoms with Gasteiger partial charge in [0.15, 0.2) is 0 Å². The van der Waals surface area contributed by atoms with Crippen molar-refractivity contribution < 1.29 is 28.9 Å². The Kier molecular flexibility index (Phi) is 4.75. The molecule has 2 atom stereocenters. The summed E-state index contributed by atoms with van der Waals surface area (Å²) in [5, 5.41) is 22.1. The van der Waals surface area contributed by atoms with Crippen LogP contribution in [0.4, 0.5) is 15.9 Å². The van der Waals surface area contributed by atoms with Gasteiger partial charge in [-0.25, -0.2) is 14.2 Å². The Morgan fingerprint density at radius 1 is 1.30 bits per heavy atom. The van der Waals surface area contributed by atoms with Crippen LogP contribution in [0.2, 0.25) is 0 Å². The molecule has 5 rings (SSSR count). The van der Waals surface area contributed by atoms with Crippen LogP contribution in [0.15, 0.2) is 48.4 Å². The molecule has 1 fully saturated rings. The third-order valence-corrected chi connectivity index (χ3v) is 6.18. The van der Waals surface area contributed by atoms with Gasteiger partial charge in [0.1, 0.15) is 29.0 Å². The average Bonchev–Trinajstić information content (AvgIpc) is 3.39. The van der Waals surface area contributed by atoms with Gasteiger partial charge in [0.2, 0.25) is 0 Å². The van der Waals surface area contributed by atoms with E-state index in [0.717, 1.165) is 11.1 Å². The summed E-state index contributed by atoms with van der Waals surface area (Å²) in [6, 6.07) is 6.79. The normalized spacial score (nSPS) is 25.5. The highest BCUT2D eigenvalue weighted by atomic mass is 19.1. The maximum atomic E-state index is 13.8. The van der Waals surface area contributed by atoms with Gasteiger partial charge < -0.3 is 25.2 Å². The molecule has 0 spiro atoms. The van der Waals surface area contributed by atoms with Crippen molar-refractivity contribution in [3.63, 3.8) is 0 Å². The van der Waals surface area contributed by atoms with E-state index in [-0.39, 0.29) is 24.4 Å². The number of aliphatic hydroxyl groups excluding tert-OH is 1. The lowest BCUT2D eigenvalue weighted by molar-refractivity contribution is -0.138. The second-order valence-corrected chi connectivity index (χ2v) is 8.85. The molecule has 33 heavy (non-hydrogen) atoms. The zero-order chi connectivity index (χ0) is 23.5. The Balaban J connectivity index is 1.51. The Morgan fingerprint density at radius 3 is 2.79 bits per heavy atom. The highest BCUT2D eigenvalue weighted by Crippen LogP contribution is 2.44. The molecule has 0 saturated carbocycles. The number of allylic oxidation sites excluding steroid dienone is 1. The topological polar surface area (TPSA) is 112 Å². The van der Waals surface area contributed by atoms with E-state index < -0.39 is 29.5 Å². The largest absolute Gasteiger partial charge is 0.482 e. The van der Waals surface area contributed by atoms with Crippen LogP contribution in [0.1, 0.15) is 31.4 Å². The molecule has 9 heteroatoms. The summed E-state index contributed by atoms with van der Waals surface area (Å²) in [4.78, 5) is 30.1. The summed E-state index contributed by atoms with van der Waals surface area (Å²) >= 11 is 0. The van der Waals surface area contributed by atoms with Gasteiger partial charge in [0, 0.05) is 41.5 Å². The molecule has 1 saturated heterocycles. The minimum Gasteiger partial charge on any atom is -0.482 e. The number of hydrogen-bond acceptors (Lipinski definition) is 6. The number of nitrogens with one attached hydrogen (secondary N) is 1. The number of anilines is 2. The van der Waals surface area contributed by atoms with Gasteiger partial charge in [-0.3, -0.25) is 4.79 Å². The number of aliphatic hydroxyl groups is 1. The molecule has 0 aliphatic carbocycles. The van der Waals surface area contributed by atoms with Crippen LogP contribution in [-0.2, 0) is 14.3 Å². The molecule has 0 bridgehead atoms. The Morgan fingerprint density at radius 2 is 2.09 bits per heavy atom. The molecule has 3 aliphatic heterocycles. The number of ether oxygens (including phenoxy) is 1. The number of pyridine rings is 1. The smallest absolute Gasteiger partial charge is 0.326 e. The average molecular weight is 451 g/mol. The fraction of sp³-hybridized carbons (Fsp3) is 0.292. The van der Waals surface area contributed by atoms with Crippen LogP contribution in [-0.4, -0.2) is 51.4 Å². The molecule has 1 aromatic carbocycles. The summed E-state index contributed by atoms with van der Waals surface area (Å²) < 4.78 is 19.9. The van der Waals surface area contributed by atoms with Crippen molar-refractivity contribution in [3.05, 3.63) is 65.3 Å². The van der Waals surface area contributed by atoms with Gasteiger partial charge >= 0.3 is 5.97 Å². The first-order chi connectivity index (χ1) is 15.6. The monoisotopic (exact) mass is 451 g/mol. The minimum atomic E-state index is -1.01. The van der Waals surface area contributed by atoms with Crippen molar-refractivity contribution in [2.75, 3.05) is 16.8 Å². The standard InChI is InChI=1S/C24H22FN3O5/c1-24(2)16(9-19(33-24)21-15-7-13(25)4-5-17(15)27-22(21)30)12-3-6-20(26-10-12)28-11-14(29)8-18(28)23(31)32/h3-7,9-10,14,18,29H,8,11H2,1-2H3,(H,27,30)(H,31,32)/b21-19+/t14-,18+/m1/s1. The molecule has 0 radical (unpaired) electrons. The maximum Gasteiger partial charge on any atom is 0.326 e. The van der Waals surface area contributed by atoms with Gasteiger partial charge in [0.25, 0.3) is 5.91 Å². The van der Waals surface area contributed by atoms with Crippen LogP contribution in [0, 0.1) is 5.82 Å². The quantitative estimate of drug-likeness (QED) is 0.615. The molecule has 2 aromatic rings. The Bertz CT molecular complexity index is 1240. The van der Waals surface area contributed by atoms with Gasteiger partial charge in [-0.15, -0.1) is 0 Å². The number of amides is 1. The summed E-state index contributed by atoms with van der Waals surface area (Å²) in [5.74, 6) is -1.02. The van der Waals surface area contributed by atoms with Crippen LogP contribution in [0.3, 0.4) is 0 Å². The number of benzene rings is 1. The number of carbonyl (C=O) groups is 2. The van der Waals surface area contributed by atoms with E-state index in [2.05, 4.69) is 10.3 Å². The predicted molar refractivity (Wildman–Crippen MR) is 119 cm³/mol. The lowest BCUT2D eigenvalue weighted by atomic mass is 9.93. The number of fused-ring (bicyclic) bond motifs is 1. The Hall–Kier alpha value is -3.72. The molecule has 4 heterocycles. The number of carbonyl (C=O) groups excluding carboxylic acids is 1. The number of hydrogen-bond donors (Lipinski definition) is 3. The zero-order valence-electron chi connectivity index (χ0n) is 18.0. The minimum absolute atomic E-state index is 0.145. The van der Waals surface area contributed by atoms with E-state index in [0.29, 0.717) is 22.8 Å². The van der Waals surface area contributed by atoms with Crippen molar-refractivity contribution in [2.24, 2.45) is 0 Å². The third kappa shape index (κ3) is 3.54. The number of carboxylic acids is 1. The fourth-order valence-corrected chi connectivity index (χ4v) is 4.62. The lowest BCUT2D eigenvalue weighted by Crippen LogP contribution is -2.36. The summed E-state index contributed by atoms with van der Waals surface area (Å²) in [5.41, 5.74) is 1.98. The second kappa shape index (κ2) is 7.41. The van der Waals surface area contributed by atoms with Gasteiger partial charge in [-0.2, -0.15) is 0 Å². The highest BCUT2D eigenvalue weighted by molar-refractivity contribution is 6.32. The lowest BCUT2D eigenvalue weighted by Gasteiger charge is -2.25. The molecule has 1 aromatic heterocycles. The number of carboxylic acid groups (broad SMARTS) is 1. The molecular weight excluding hydrogens is 429 g/mol. The van der Waals surface area contributed by atoms with Crippen molar-refractivity contribution in [2.45, 2.75) is 38.0 Å². The van der Waals surface area contributed by atoms with E-state index in [1.54, 1.807) is 29.3 Å². The van der Waals surface area contributed by atoms with Crippen LogP contribution in [0.25, 0.3) is 11.1 Å². The number of aromatic nitrogens is 1. The third-order valence-electron chi connectivity index (χ3n) is 6.18. The summed E-state index contributed by atoms with van der Waals surface area (Å²) in [6.07, 6.45) is 2.79. The van der Waals surface area contributed by atoms with E-state index in [4.69, 9.17) is 4.74 Å². The van der Waals surface area contributed by atoms with E-state index in [9.17, 15) is 24.2 Å². The van der Waals surface area contributed by atoms with Crippen molar-refractivity contribution >= 4 is 34.5 Å². The number of rotatable bonds is 3. The maximum absolute atomic E-state index is 13.8. The molecule has 0 unspecified atom stereocenters. The first-order valence-electron chi connectivity index (χ1n) is 10.5. The van der Waals surface area contributed by atoms with E-state index >= 15 is 0 Å². The van der Waals surface area contributed by atoms with Gasteiger partial charge in [-0.05, 0) is 50.3 Å². The first-order valence-corrected chi connectivity index (χ1v) is 10.5. The van der Waals surface area contributed by atoms with Gasteiger partial charge in [-0.1, -0.05) is 0 Å².